The first-order chi connectivity index (χ1) is 13.8. The van der Waals surface area contributed by atoms with Crippen molar-refractivity contribution in [2.45, 2.75) is 45.8 Å². The third-order valence-electron chi connectivity index (χ3n) is 5.24. The molecule has 1 aromatic rings. The third kappa shape index (κ3) is 6.80. The molecule has 0 aliphatic carbocycles. The lowest BCUT2D eigenvalue weighted by Crippen LogP contribution is -2.48. The second kappa shape index (κ2) is 11.3. The lowest BCUT2D eigenvalue weighted by atomic mass is 10.1. The minimum atomic E-state index is -0.484. The molecule has 1 fully saturated rings. The zero-order valence-electron chi connectivity index (χ0n) is 18.2. The Bertz CT molecular complexity index is 663. The third-order valence-corrected chi connectivity index (χ3v) is 5.24. The Morgan fingerprint density at radius 1 is 1.31 bits per heavy atom. The fraction of sp³-hybridized carbons (Fsp3) is 0.636. The number of nitrogens with zero attached hydrogens (tertiary/aromatic N) is 2. The van der Waals surface area contributed by atoms with Crippen molar-refractivity contribution < 1.29 is 14.3 Å². The quantitative estimate of drug-likeness (QED) is 0.611. The number of amides is 2. The summed E-state index contributed by atoms with van der Waals surface area (Å²) in [6, 6.07) is 8.17. The van der Waals surface area contributed by atoms with Crippen LogP contribution >= 0.6 is 0 Å². The lowest BCUT2D eigenvalue weighted by Gasteiger charge is -2.30. The molecule has 1 aromatic carbocycles. The van der Waals surface area contributed by atoms with E-state index in [1.807, 2.05) is 0 Å². The number of hydrogen-bond donors (Lipinski definition) is 2. The molecule has 0 spiro atoms. The number of nitrogens with two attached hydrogens (primary N) is 1. The van der Waals surface area contributed by atoms with Crippen LogP contribution in [-0.2, 0) is 20.9 Å². The summed E-state index contributed by atoms with van der Waals surface area (Å²) in [7, 11) is 1.50. The number of ether oxygens (including phenoxy) is 1. The normalized spacial score (nSPS) is 19.2. The van der Waals surface area contributed by atoms with E-state index in [2.05, 4.69) is 55.3 Å². The molecular weight excluding hydrogens is 368 g/mol. The van der Waals surface area contributed by atoms with Crippen LogP contribution in [0.5, 0.6) is 0 Å². The van der Waals surface area contributed by atoms with Gasteiger partial charge in [0.05, 0.1) is 0 Å². The second-order valence-corrected chi connectivity index (χ2v) is 8.27. The smallest absolute Gasteiger partial charge is 0.249 e. The number of rotatable bonds is 10. The number of likely N-dealkylation sites (tertiary alicyclic amines) is 1. The molecule has 7 heteroatoms. The predicted molar refractivity (Wildman–Crippen MR) is 114 cm³/mol. The molecule has 1 heterocycles. The van der Waals surface area contributed by atoms with Crippen molar-refractivity contribution in [2.24, 2.45) is 11.7 Å². The van der Waals surface area contributed by atoms with Crippen LogP contribution in [-0.4, -0.2) is 73.6 Å². The standard InChI is InChI=1S/C22H36N4O3/c1-16(2)12-25(13-18-7-5-17(3)6-8-18)19-11-20(22(28)24-10-9-23)26(14-19)21(27)15-29-4/h5-8,16,19-20H,9-15,23H2,1-4H3,(H,24,28). The fourth-order valence-corrected chi connectivity index (χ4v) is 3.86. The number of nitrogens with one attached hydrogen (secondary N) is 1. The van der Waals surface area contributed by atoms with E-state index in [4.69, 9.17) is 10.5 Å². The zero-order chi connectivity index (χ0) is 21.4. The van der Waals surface area contributed by atoms with Gasteiger partial charge in [0.2, 0.25) is 11.8 Å². The van der Waals surface area contributed by atoms with Crippen LogP contribution in [0.1, 0.15) is 31.4 Å². The molecule has 162 valence electrons. The topological polar surface area (TPSA) is 87.9 Å². The number of carbonyl (C=O) groups excluding carboxylic acids is 2. The van der Waals surface area contributed by atoms with E-state index in [-0.39, 0.29) is 24.5 Å². The number of methoxy groups -OCH3 is 1. The van der Waals surface area contributed by atoms with Crippen LogP contribution in [0.2, 0.25) is 0 Å². The van der Waals surface area contributed by atoms with Gasteiger partial charge in [-0.05, 0) is 24.8 Å². The van der Waals surface area contributed by atoms with Crippen molar-refractivity contribution in [3.05, 3.63) is 35.4 Å². The van der Waals surface area contributed by atoms with Crippen LogP contribution in [0.25, 0.3) is 0 Å². The highest BCUT2D eigenvalue weighted by Crippen LogP contribution is 2.25. The maximum absolute atomic E-state index is 12.7. The zero-order valence-corrected chi connectivity index (χ0v) is 18.2. The number of benzene rings is 1. The van der Waals surface area contributed by atoms with Gasteiger partial charge in [-0.2, -0.15) is 0 Å². The van der Waals surface area contributed by atoms with Crippen LogP contribution in [0.3, 0.4) is 0 Å². The van der Waals surface area contributed by atoms with Gasteiger partial charge in [0, 0.05) is 45.9 Å². The Hall–Kier alpha value is -1.96. The van der Waals surface area contributed by atoms with E-state index < -0.39 is 6.04 Å². The molecule has 7 nitrogen and oxygen atoms in total. The Morgan fingerprint density at radius 3 is 2.59 bits per heavy atom. The van der Waals surface area contributed by atoms with Gasteiger partial charge in [0.25, 0.3) is 0 Å². The molecule has 2 rings (SSSR count). The largest absolute Gasteiger partial charge is 0.375 e. The summed E-state index contributed by atoms with van der Waals surface area (Å²) in [5.41, 5.74) is 7.99. The van der Waals surface area contributed by atoms with Crippen LogP contribution in [0, 0.1) is 12.8 Å². The molecule has 2 atom stereocenters. The van der Waals surface area contributed by atoms with Crippen molar-refractivity contribution in [2.75, 3.05) is 39.9 Å². The molecule has 0 bridgehead atoms. The average Bonchev–Trinajstić information content (AvgIpc) is 3.13. The first-order valence-electron chi connectivity index (χ1n) is 10.4. The van der Waals surface area contributed by atoms with E-state index >= 15 is 0 Å². The Balaban J connectivity index is 2.19. The molecule has 2 amide bonds. The molecule has 2 unspecified atom stereocenters. The van der Waals surface area contributed by atoms with E-state index in [1.54, 1.807) is 4.90 Å². The molecule has 3 N–H and O–H groups in total. The summed E-state index contributed by atoms with van der Waals surface area (Å²) in [5, 5.41) is 2.84. The minimum Gasteiger partial charge on any atom is -0.375 e. The van der Waals surface area contributed by atoms with Gasteiger partial charge in [-0.25, -0.2) is 0 Å². The van der Waals surface area contributed by atoms with Gasteiger partial charge in [0.15, 0.2) is 0 Å². The summed E-state index contributed by atoms with van der Waals surface area (Å²) < 4.78 is 5.04. The Morgan fingerprint density at radius 2 is 2.00 bits per heavy atom. The maximum Gasteiger partial charge on any atom is 0.249 e. The molecular formula is C22H36N4O3. The van der Waals surface area contributed by atoms with Crippen molar-refractivity contribution in [3.63, 3.8) is 0 Å². The van der Waals surface area contributed by atoms with E-state index in [1.165, 1.54) is 18.2 Å². The second-order valence-electron chi connectivity index (χ2n) is 8.27. The summed E-state index contributed by atoms with van der Waals surface area (Å²) in [6.07, 6.45) is 0.616. The van der Waals surface area contributed by atoms with Crippen molar-refractivity contribution >= 4 is 11.8 Å². The molecule has 1 saturated heterocycles. The number of carbonyl (C=O) groups is 2. The van der Waals surface area contributed by atoms with Crippen LogP contribution in [0.15, 0.2) is 24.3 Å². The van der Waals surface area contributed by atoms with Crippen LogP contribution in [0.4, 0.5) is 0 Å². The van der Waals surface area contributed by atoms with Gasteiger partial charge in [0.1, 0.15) is 12.6 Å². The highest BCUT2D eigenvalue weighted by molar-refractivity contribution is 5.88. The molecule has 1 aliphatic heterocycles. The first kappa shape index (κ1) is 23.3. The van der Waals surface area contributed by atoms with Gasteiger partial charge >= 0.3 is 0 Å². The predicted octanol–water partition coefficient (Wildman–Crippen LogP) is 1.14. The van der Waals surface area contributed by atoms with E-state index in [9.17, 15) is 9.59 Å². The SMILES string of the molecule is COCC(=O)N1CC(N(Cc2ccc(C)cc2)CC(C)C)CC1C(=O)NCCN. The summed E-state index contributed by atoms with van der Waals surface area (Å²) in [5.74, 6) is 0.193. The van der Waals surface area contributed by atoms with Crippen molar-refractivity contribution in [1.29, 1.82) is 0 Å². The fourth-order valence-electron chi connectivity index (χ4n) is 3.86. The molecule has 29 heavy (non-hydrogen) atoms. The van der Waals surface area contributed by atoms with Crippen LogP contribution < -0.4 is 11.1 Å². The van der Waals surface area contributed by atoms with E-state index in [0.29, 0.717) is 32.0 Å². The first-order valence-corrected chi connectivity index (χ1v) is 10.4. The molecule has 1 aliphatic rings. The molecule has 0 aromatic heterocycles. The minimum absolute atomic E-state index is 0.0183. The maximum atomic E-state index is 12.7. The van der Waals surface area contributed by atoms with Crippen molar-refractivity contribution in [3.8, 4) is 0 Å². The molecule has 0 radical (unpaired) electrons. The lowest BCUT2D eigenvalue weighted by molar-refractivity contribution is -0.141. The van der Waals surface area contributed by atoms with Gasteiger partial charge < -0.3 is 20.7 Å². The number of hydrogen-bond acceptors (Lipinski definition) is 5. The number of aryl methyl sites for hydroxylation is 1. The van der Waals surface area contributed by atoms with Gasteiger partial charge in [-0.3, -0.25) is 14.5 Å². The summed E-state index contributed by atoms with van der Waals surface area (Å²) in [6.45, 7) is 9.46. The van der Waals surface area contributed by atoms with Crippen molar-refractivity contribution in [1.82, 2.24) is 15.1 Å². The average molecular weight is 405 g/mol. The highest BCUT2D eigenvalue weighted by atomic mass is 16.5. The summed E-state index contributed by atoms with van der Waals surface area (Å²) >= 11 is 0. The molecule has 0 saturated carbocycles. The Labute approximate surface area is 174 Å². The Kier molecular flexibility index (Phi) is 9.07. The highest BCUT2D eigenvalue weighted by Gasteiger charge is 2.41. The summed E-state index contributed by atoms with van der Waals surface area (Å²) in [4.78, 5) is 29.4. The monoisotopic (exact) mass is 404 g/mol. The van der Waals surface area contributed by atoms with Gasteiger partial charge in [-0.15, -0.1) is 0 Å². The van der Waals surface area contributed by atoms with Gasteiger partial charge in [-0.1, -0.05) is 43.7 Å². The van der Waals surface area contributed by atoms with E-state index in [0.717, 1.165) is 13.1 Å².